The molecule has 2 N–H and O–H groups in total. The van der Waals surface area contributed by atoms with Crippen molar-refractivity contribution in [3.8, 4) is 0 Å². The van der Waals surface area contributed by atoms with Crippen LogP contribution in [0.15, 0.2) is 53.5 Å². The molecule has 5 heteroatoms. The van der Waals surface area contributed by atoms with Gasteiger partial charge < -0.3 is 20.3 Å². The summed E-state index contributed by atoms with van der Waals surface area (Å²) in [6.07, 6.45) is 3.75. The molecule has 0 bridgehead atoms. The van der Waals surface area contributed by atoms with E-state index < -0.39 is 0 Å². The lowest BCUT2D eigenvalue weighted by Crippen LogP contribution is -2.40. The third-order valence-corrected chi connectivity index (χ3v) is 5.58. The normalized spacial score (nSPS) is 19.0. The van der Waals surface area contributed by atoms with Crippen molar-refractivity contribution in [1.82, 2.24) is 10.6 Å². The van der Waals surface area contributed by atoms with Gasteiger partial charge in [0, 0.05) is 45.5 Å². The van der Waals surface area contributed by atoms with Crippen LogP contribution in [-0.4, -0.2) is 38.8 Å². The Morgan fingerprint density at radius 3 is 2.71 bits per heavy atom. The van der Waals surface area contributed by atoms with Crippen LogP contribution in [0.5, 0.6) is 0 Å². The first-order valence-corrected chi connectivity index (χ1v) is 10.3. The second kappa shape index (κ2) is 9.11. The Morgan fingerprint density at radius 1 is 1.11 bits per heavy atom. The van der Waals surface area contributed by atoms with Gasteiger partial charge in [-0.15, -0.1) is 0 Å². The number of anilines is 1. The quantitative estimate of drug-likeness (QED) is 0.599. The Bertz CT molecular complexity index is 797. The van der Waals surface area contributed by atoms with Crippen molar-refractivity contribution in [3.63, 3.8) is 0 Å². The molecule has 0 saturated carbocycles. The fourth-order valence-corrected chi connectivity index (χ4v) is 3.98. The maximum atomic E-state index is 5.65. The third kappa shape index (κ3) is 4.65. The van der Waals surface area contributed by atoms with Crippen LogP contribution in [0.1, 0.15) is 29.5 Å². The van der Waals surface area contributed by atoms with Crippen LogP contribution < -0.4 is 15.5 Å². The van der Waals surface area contributed by atoms with E-state index in [9.17, 15) is 0 Å². The number of aliphatic imine (C=N–C) groups is 1. The van der Waals surface area contributed by atoms with Crippen LogP contribution >= 0.6 is 0 Å². The van der Waals surface area contributed by atoms with Crippen molar-refractivity contribution in [2.45, 2.75) is 38.5 Å². The molecule has 4 rings (SSSR count). The number of fused-ring (bicyclic) bond motifs is 1. The Balaban J connectivity index is 1.26. The number of rotatable bonds is 6. The highest BCUT2D eigenvalue weighted by Gasteiger charge is 2.18. The maximum absolute atomic E-state index is 5.65. The fourth-order valence-electron chi connectivity index (χ4n) is 3.98. The predicted molar refractivity (Wildman–Crippen MR) is 115 cm³/mol. The van der Waals surface area contributed by atoms with Crippen LogP contribution in [0.2, 0.25) is 0 Å². The van der Waals surface area contributed by atoms with Crippen molar-refractivity contribution in [2.75, 3.05) is 31.6 Å². The number of nitrogens with zero attached hydrogens (tertiary/aromatic N) is 2. The zero-order valence-corrected chi connectivity index (χ0v) is 16.7. The molecule has 1 atom stereocenters. The van der Waals surface area contributed by atoms with Crippen molar-refractivity contribution in [3.05, 3.63) is 65.2 Å². The monoisotopic (exact) mass is 378 g/mol. The van der Waals surface area contributed by atoms with Crippen LogP contribution in [0.25, 0.3) is 0 Å². The molecule has 5 nitrogen and oxygen atoms in total. The van der Waals surface area contributed by atoms with Gasteiger partial charge in [0.15, 0.2) is 5.96 Å². The van der Waals surface area contributed by atoms with Crippen LogP contribution in [0.3, 0.4) is 0 Å². The van der Waals surface area contributed by atoms with Crippen molar-refractivity contribution in [1.29, 1.82) is 0 Å². The number of ether oxygens (including phenoxy) is 1. The summed E-state index contributed by atoms with van der Waals surface area (Å²) in [7, 11) is 1.81. The minimum Gasteiger partial charge on any atom is -0.376 e. The molecule has 2 aromatic carbocycles. The van der Waals surface area contributed by atoms with E-state index in [1.165, 1.54) is 22.4 Å². The minimum absolute atomic E-state index is 0.313. The molecule has 2 aromatic rings. The molecular formula is C23H30N4O. The van der Waals surface area contributed by atoms with Gasteiger partial charge >= 0.3 is 0 Å². The molecule has 1 saturated heterocycles. The summed E-state index contributed by atoms with van der Waals surface area (Å²) in [5.74, 6) is 0.827. The van der Waals surface area contributed by atoms with Gasteiger partial charge in [-0.3, -0.25) is 4.99 Å². The van der Waals surface area contributed by atoms with E-state index in [0.29, 0.717) is 6.10 Å². The van der Waals surface area contributed by atoms with E-state index in [2.05, 4.69) is 69.1 Å². The number of hydrogen-bond donors (Lipinski definition) is 2. The summed E-state index contributed by atoms with van der Waals surface area (Å²) in [4.78, 5) is 6.78. The number of guanidine groups is 1. The molecule has 1 fully saturated rings. The summed E-state index contributed by atoms with van der Waals surface area (Å²) >= 11 is 0. The SMILES string of the molecule is CN=C(NCc1ccc(CN2CCc3ccccc32)cc1)NCC1CCCO1. The molecule has 1 unspecified atom stereocenters. The van der Waals surface area contributed by atoms with Crippen LogP contribution in [0, 0.1) is 0 Å². The molecule has 0 spiro atoms. The first kappa shape index (κ1) is 18.8. The molecule has 28 heavy (non-hydrogen) atoms. The molecule has 0 amide bonds. The molecular weight excluding hydrogens is 348 g/mol. The molecule has 0 aliphatic carbocycles. The molecule has 0 aromatic heterocycles. The topological polar surface area (TPSA) is 48.9 Å². The van der Waals surface area contributed by atoms with Gasteiger partial charge in [0.2, 0.25) is 0 Å². The zero-order valence-electron chi connectivity index (χ0n) is 16.7. The third-order valence-electron chi connectivity index (χ3n) is 5.58. The van der Waals surface area contributed by atoms with Gasteiger partial charge in [-0.1, -0.05) is 42.5 Å². The van der Waals surface area contributed by atoms with Gasteiger partial charge in [-0.2, -0.15) is 0 Å². The molecule has 2 aliphatic rings. The lowest BCUT2D eigenvalue weighted by Gasteiger charge is -2.19. The Labute approximate surface area is 167 Å². The fraction of sp³-hybridized carbons (Fsp3) is 0.435. The Hall–Kier alpha value is -2.53. The molecule has 2 heterocycles. The van der Waals surface area contributed by atoms with Gasteiger partial charge in [0.05, 0.1) is 6.10 Å². The largest absolute Gasteiger partial charge is 0.376 e. The number of hydrogen-bond acceptors (Lipinski definition) is 3. The van der Waals surface area contributed by atoms with Gasteiger partial charge in [-0.25, -0.2) is 0 Å². The number of nitrogens with one attached hydrogen (secondary N) is 2. The molecule has 2 aliphatic heterocycles. The number of benzene rings is 2. The predicted octanol–water partition coefficient (Wildman–Crippen LogP) is 3.09. The summed E-state index contributed by atoms with van der Waals surface area (Å²) in [6, 6.07) is 17.6. The van der Waals surface area contributed by atoms with Crippen molar-refractivity contribution in [2.24, 2.45) is 4.99 Å². The van der Waals surface area contributed by atoms with Crippen molar-refractivity contribution < 1.29 is 4.74 Å². The van der Waals surface area contributed by atoms with Crippen LogP contribution in [0.4, 0.5) is 5.69 Å². The van der Waals surface area contributed by atoms with E-state index in [-0.39, 0.29) is 0 Å². The summed E-state index contributed by atoms with van der Waals surface area (Å²) in [5.41, 5.74) is 5.45. The smallest absolute Gasteiger partial charge is 0.191 e. The zero-order chi connectivity index (χ0) is 19.2. The summed E-state index contributed by atoms with van der Waals surface area (Å²) < 4.78 is 5.65. The van der Waals surface area contributed by atoms with E-state index in [4.69, 9.17) is 4.74 Å². The highest BCUT2D eigenvalue weighted by atomic mass is 16.5. The van der Waals surface area contributed by atoms with E-state index in [1.807, 2.05) is 7.05 Å². The standard InChI is InChI=1S/C23H30N4O/c1-24-23(26-16-21-6-4-14-28-21)25-15-18-8-10-19(11-9-18)17-27-13-12-20-5-2-3-7-22(20)27/h2-3,5,7-11,21H,4,6,12-17H2,1H3,(H2,24,25,26). The Morgan fingerprint density at radius 2 is 1.93 bits per heavy atom. The average Bonchev–Trinajstić information content (AvgIpc) is 3.40. The second-order valence-corrected chi connectivity index (χ2v) is 7.56. The first-order chi connectivity index (χ1) is 13.8. The van der Waals surface area contributed by atoms with E-state index in [1.54, 1.807) is 0 Å². The van der Waals surface area contributed by atoms with E-state index in [0.717, 1.165) is 58.0 Å². The number of para-hydroxylation sites is 1. The minimum atomic E-state index is 0.313. The summed E-state index contributed by atoms with van der Waals surface area (Å²) in [6.45, 7) is 4.53. The highest BCUT2D eigenvalue weighted by Crippen LogP contribution is 2.28. The highest BCUT2D eigenvalue weighted by molar-refractivity contribution is 5.79. The lowest BCUT2D eigenvalue weighted by atomic mass is 10.1. The van der Waals surface area contributed by atoms with Crippen LogP contribution in [-0.2, 0) is 24.2 Å². The molecule has 0 radical (unpaired) electrons. The first-order valence-electron chi connectivity index (χ1n) is 10.3. The van der Waals surface area contributed by atoms with Gasteiger partial charge in [-0.05, 0) is 42.0 Å². The summed E-state index contributed by atoms with van der Waals surface area (Å²) in [5, 5.41) is 6.75. The Kier molecular flexibility index (Phi) is 6.12. The van der Waals surface area contributed by atoms with Crippen molar-refractivity contribution >= 4 is 11.6 Å². The van der Waals surface area contributed by atoms with Gasteiger partial charge in [0.1, 0.15) is 0 Å². The molecule has 148 valence electrons. The van der Waals surface area contributed by atoms with E-state index >= 15 is 0 Å². The lowest BCUT2D eigenvalue weighted by molar-refractivity contribution is 0.114. The average molecular weight is 379 g/mol. The van der Waals surface area contributed by atoms with Gasteiger partial charge in [0.25, 0.3) is 0 Å². The maximum Gasteiger partial charge on any atom is 0.191 e. The second-order valence-electron chi connectivity index (χ2n) is 7.56.